The molecule has 1 N–H and O–H groups in total. The normalized spacial score (nSPS) is 19.3. The van der Waals surface area contributed by atoms with Gasteiger partial charge in [-0.2, -0.15) is 0 Å². The van der Waals surface area contributed by atoms with Gasteiger partial charge in [0.2, 0.25) is 5.91 Å². The van der Waals surface area contributed by atoms with E-state index in [1.54, 1.807) is 0 Å². The maximum atomic E-state index is 11.7. The molecule has 0 aromatic carbocycles. The van der Waals surface area contributed by atoms with E-state index in [0.29, 0.717) is 12.8 Å². The van der Waals surface area contributed by atoms with Crippen LogP contribution in [0.3, 0.4) is 0 Å². The number of ether oxygens (including phenoxy) is 1. The molecular weight excluding hydrogens is 218 g/mol. The van der Waals surface area contributed by atoms with Crippen molar-refractivity contribution in [1.29, 1.82) is 0 Å². The standard InChI is InChI=1S/C10H16ClNO3/c1-15-9(14)10(12-8(13)7-11)5-3-2-4-6-10/h2-7H2,1H3,(H,12,13). The number of rotatable bonds is 3. The highest BCUT2D eigenvalue weighted by Gasteiger charge is 2.41. The van der Waals surface area contributed by atoms with E-state index < -0.39 is 5.54 Å². The van der Waals surface area contributed by atoms with Crippen molar-refractivity contribution in [3.8, 4) is 0 Å². The minimum absolute atomic E-state index is 0.126. The summed E-state index contributed by atoms with van der Waals surface area (Å²) in [6.45, 7) is 0. The molecule has 4 nitrogen and oxygen atoms in total. The number of methoxy groups -OCH3 is 1. The zero-order valence-electron chi connectivity index (χ0n) is 8.85. The highest BCUT2D eigenvalue weighted by atomic mass is 35.5. The Morgan fingerprint density at radius 2 is 1.93 bits per heavy atom. The summed E-state index contributed by atoms with van der Waals surface area (Å²) in [5.74, 6) is -0.803. The predicted molar refractivity (Wildman–Crippen MR) is 56.7 cm³/mol. The minimum Gasteiger partial charge on any atom is -0.467 e. The summed E-state index contributed by atoms with van der Waals surface area (Å²) in [5, 5.41) is 2.69. The van der Waals surface area contributed by atoms with Crippen LogP contribution >= 0.6 is 11.6 Å². The van der Waals surface area contributed by atoms with Gasteiger partial charge in [0.15, 0.2) is 0 Å². The van der Waals surface area contributed by atoms with E-state index in [9.17, 15) is 9.59 Å². The Labute approximate surface area is 94.3 Å². The molecular formula is C10H16ClNO3. The third-order valence-corrected chi connectivity index (χ3v) is 3.03. The van der Waals surface area contributed by atoms with Gasteiger partial charge in [-0.3, -0.25) is 4.79 Å². The Balaban J connectivity index is 2.75. The average Bonchev–Trinajstić information content (AvgIpc) is 2.29. The van der Waals surface area contributed by atoms with E-state index >= 15 is 0 Å². The summed E-state index contributed by atoms with van der Waals surface area (Å²) < 4.78 is 4.74. The number of hydrogen-bond donors (Lipinski definition) is 1. The summed E-state index contributed by atoms with van der Waals surface area (Å²) in [6.07, 6.45) is 4.23. The molecule has 0 spiro atoms. The number of nitrogens with one attached hydrogen (secondary N) is 1. The highest BCUT2D eigenvalue weighted by Crippen LogP contribution is 2.29. The van der Waals surface area contributed by atoms with Gasteiger partial charge >= 0.3 is 5.97 Å². The number of halogens is 1. The molecule has 0 bridgehead atoms. The smallest absolute Gasteiger partial charge is 0.331 e. The molecule has 86 valence electrons. The molecule has 1 rings (SSSR count). The molecule has 0 heterocycles. The number of esters is 1. The Bertz CT molecular complexity index is 249. The topological polar surface area (TPSA) is 55.4 Å². The molecule has 0 aliphatic heterocycles. The molecule has 1 amide bonds. The molecule has 15 heavy (non-hydrogen) atoms. The molecule has 0 unspecified atom stereocenters. The van der Waals surface area contributed by atoms with Gasteiger partial charge in [-0.15, -0.1) is 11.6 Å². The predicted octanol–water partition coefficient (Wildman–Crippen LogP) is 1.22. The van der Waals surface area contributed by atoms with E-state index in [1.165, 1.54) is 7.11 Å². The summed E-state index contributed by atoms with van der Waals surface area (Å²) in [5.41, 5.74) is -0.834. The lowest BCUT2D eigenvalue weighted by molar-refractivity contribution is -0.152. The van der Waals surface area contributed by atoms with Crippen molar-refractivity contribution < 1.29 is 14.3 Å². The quantitative estimate of drug-likeness (QED) is 0.589. The first kappa shape index (κ1) is 12.3. The van der Waals surface area contributed by atoms with Gasteiger partial charge in [-0.25, -0.2) is 4.79 Å². The van der Waals surface area contributed by atoms with E-state index in [4.69, 9.17) is 16.3 Å². The zero-order valence-corrected chi connectivity index (χ0v) is 9.60. The van der Waals surface area contributed by atoms with Crippen LogP contribution in [0.15, 0.2) is 0 Å². The first-order valence-electron chi connectivity index (χ1n) is 5.10. The molecule has 1 fully saturated rings. The minimum atomic E-state index is -0.834. The van der Waals surface area contributed by atoms with Crippen LogP contribution in [0.4, 0.5) is 0 Å². The first-order chi connectivity index (χ1) is 7.14. The third kappa shape index (κ3) is 2.84. The van der Waals surface area contributed by atoms with Crippen LogP contribution < -0.4 is 5.32 Å². The van der Waals surface area contributed by atoms with Crippen molar-refractivity contribution in [2.24, 2.45) is 0 Å². The molecule has 1 aliphatic rings. The number of alkyl halides is 1. The van der Waals surface area contributed by atoms with Crippen molar-refractivity contribution in [2.75, 3.05) is 13.0 Å². The fraction of sp³-hybridized carbons (Fsp3) is 0.800. The van der Waals surface area contributed by atoms with Gasteiger partial charge in [0, 0.05) is 0 Å². The zero-order chi connectivity index (χ0) is 11.3. The van der Waals surface area contributed by atoms with E-state index in [1.807, 2.05) is 0 Å². The Morgan fingerprint density at radius 3 is 2.40 bits per heavy atom. The lowest BCUT2D eigenvalue weighted by atomic mass is 9.81. The average molecular weight is 234 g/mol. The van der Waals surface area contributed by atoms with Crippen LogP contribution in [-0.4, -0.2) is 30.4 Å². The van der Waals surface area contributed by atoms with Crippen LogP contribution in [0.1, 0.15) is 32.1 Å². The lowest BCUT2D eigenvalue weighted by Gasteiger charge is -2.34. The van der Waals surface area contributed by atoms with Gasteiger partial charge < -0.3 is 10.1 Å². The summed E-state index contributed by atoms with van der Waals surface area (Å²) >= 11 is 5.42. The second kappa shape index (κ2) is 5.35. The first-order valence-corrected chi connectivity index (χ1v) is 5.63. The van der Waals surface area contributed by atoms with Gasteiger partial charge in [0.1, 0.15) is 11.4 Å². The second-order valence-corrected chi connectivity index (χ2v) is 4.08. The van der Waals surface area contributed by atoms with Crippen molar-refractivity contribution in [3.63, 3.8) is 0 Å². The maximum absolute atomic E-state index is 11.7. The van der Waals surface area contributed by atoms with Crippen LogP contribution in [-0.2, 0) is 14.3 Å². The van der Waals surface area contributed by atoms with Crippen molar-refractivity contribution in [2.45, 2.75) is 37.6 Å². The van der Waals surface area contributed by atoms with Crippen molar-refractivity contribution in [3.05, 3.63) is 0 Å². The third-order valence-electron chi connectivity index (χ3n) is 2.78. The fourth-order valence-corrected chi connectivity index (χ4v) is 2.10. The number of carbonyl (C=O) groups is 2. The summed E-state index contributed by atoms with van der Waals surface area (Å²) in [6, 6.07) is 0. The van der Waals surface area contributed by atoms with Crippen molar-refractivity contribution in [1.82, 2.24) is 5.32 Å². The van der Waals surface area contributed by atoms with Gasteiger partial charge in [-0.05, 0) is 12.8 Å². The molecule has 5 heteroatoms. The van der Waals surface area contributed by atoms with Crippen LogP contribution in [0.2, 0.25) is 0 Å². The molecule has 0 saturated heterocycles. The molecule has 0 aromatic rings. The fourth-order valence-electron chi connectivity index (χ4n) is 2.03. The Hall–Kier alpha value is -0.770. The monoisotopic (exact) mass is 233 g/mol. The van der Waals surface area contributed by atoms with Gasteiger partial charge in [-0.1, -0.05) is 19.3 Å². The molecule has 0 atom stereocenters. The summed E-state index contributed by atoms with van der Waals surface area (Å²) in [7, 11) is 1.34. The Kier molecular flexibility index (Phi) is 4.39. The Morgan fingerprint density at radius 1 is 1.33 bits per heavy atom. The second-order valence-electron chi connectivity index (χ2n) is 3.82. The van der Waals surface area contributed by atoms with E-state index in [2.05, 4.69) is 5.32 Å². The van der Waals surface area contributed by atoms with Gasteiger partial charge in [0.25, 0.3) is 0 Å². The molecule has 0 radical (unpaired) electrons. The molecule has 1 saturated carbocycles. The SMILES string of the molecule is COC(=O)C1(NC(=O)CCl)CCCCC1. The van der Waals surface area contributed by atoms with Crippen LogP contribution in [0.5, 0.6) is 0 Å². The largest absolute Gasteiger partial charge is 0.467 e. The van der Waals surface area contributed by atoms with E-state index in [0.717, 1.165) is 19.3 Å². The van der Waals surface area contributed by atoms with Gasteiger partial charge in [0.05, 0.1) is 7.11 Å². The van der Waals surface area contributed by atoms with Crippen LogP contribution in [0, 0.1) is 0 Å². The van der Waals surface area contributed by atoms with Crippen LogP contribution in [0.25, 0.3) is 0 Å². The highest BCUT2D eigenvalue weighted by molar-refractivity contribution is 6.27. The number of amides is 1. The van der Waals surface area contributed by atoms with E-state index in [-0.39, 0.29) is 17.8 Å². The van der Waals surface area contributed by atoms with Crippen molar-refractivity contribution >= 4 is 23.5 Å². The summed E-state index contributed by atoms with van der Waals surface area (Å²) in [4.78, 5) is 22.9. The maximum Gasteiger partial charge on any atom is 0.331 e. The number of hydrogen-bond acceptors (Lipinski definition) is 3. The lowest BCUT2D eigenvalue weighted by Crippen LogP contribution is -2.56. The number of carbonyl (C=O) groups excluding carboxylic acids is 2. The molecule has 0 aromatic heterocycles. The molecule has 1 aliphatic carbocycles.